The van der Waals surface area contributed by atoms with E-state index in [1.54, 1.807) is 33.8 Å². The summed E-state index contributed by atoms with van der Waals surface area (Å²) in [6, 6.07) is 4.98. The predicted molar refractivity (Wildman–Crippen MR) is 217 cm³/mol. The molecule has 2 aromatic heterocycles. The summed E-state index contributed by atoms with van der Waals surface area (Å²) in [5, 5.41) is 4.41. The van der Waals surface area contributed by atoms with Crippen molar-refractivity contribution in [2.45, 2.75) is 206 Å². The number of thiazole rings is 2. The first-order valence-corrected chi connectivity index (χ1v) is 22.6. The van der Waals surface area contributed by atoms with Gasteiger partial charge in [-0.15, -0.1) is 22.7 Å². The van der Waals surface area contributed by atoms with Gasteiger partial charge in [-0.25, -0.2) is 9.97 Å². The second-order valence-electron chi connectivity index (χ2n) is 14.6. The molecule has 0 radical (unpaired) electrons. The van der Waals surface area contributed by atoms with Crippen molar-refractivity contribution < 1.29 is 0 Å². The number of aromatic nitrogens is 2. The Labute approximate surface area is 305 Å². The van der Waals surface area contributed by atoms with Gasteiger partial charge in [0, 0.05) is 21.9 Å². The molecule has 270 valence electrons. The molecule has 2 nitrogen and oxygen atoms in total. The molecule has 3 rings (SSSR count). The van der Waals surface area contributed by atoms with Crippen LogP contribution in [0.2, 0.25) is 0 Å². The Morgan fingerprint density at radius 1 is 0.375 bits per heavy atom. The standard InChI is InChI=1S/C44H72N2S2/c1-3-5-7-9-11-13-15-17-19-21-23-25-27-29-31-39-33-41(43-35-47-37-45-43)42(44-36-48-38-46-44)34-40(39)32-30-28-26-24-22-20-18-16-14-12-10-8-6-4-2/h33-38H,3-32H2,1-2H3. The minimum absolute atomic E-state index is 1.10. The van der Waals surface area contributed by atoms with E-state index < -0.39 is 0 Å². The summed E-state index contributed by atoms with van der Waals surface area (Å²) in [5.41, 5.74) is 11.8. The maximum Gasteiger partial charge on any atom is 0.0818 e. The third kappa shape index (κ3) is 17.9. The lowest BCUT2D eigenvalue weighted by atomic mass is 9.90. The lowest BCUT2D eigenvalue weighted by Gasteiger charge is -2.16. The van der Waals surface area contributed by atoms with Gasteiger partial charge in [-0.2, -0.15) is 0 Å². The molecular formula is C44H72N2S2. The van der Waals surface area contributed by atoms with E-state index in [2.05, 4.69) is 36.7 Å². The summed E-state index contributed by atoms with van der Waals surface area (Å²) in [5.74, 6) is 0. The van der Waals surface area contributed by atoms with Crippen LogP contribution in [0.15, 0.2) is 33.9 Å². The van der Waals surface area contributed by atoms with Crippen molar-refractivity contribution in [1.82, 2.24) is 9.97 Å². The molecule has 0 atom stereocenters. The first kappa shape index (κ1) is 40.9. The summed E-state index contributed by atoms with van der Waals surface area (Å²) < 4.78 is 0. The van der Waals surface area contributed by atoms with E-state index in [0.717, 1.165) is 11.4 Å². The molecule has 0 N–H and O–H groups in total. The monoisotopic (exact) mass is 693 g/mol. The zero-order valence-corrected chi connectivity index (χ0v) is 33.0. The number of aryl methyl sites for hydroxylation is 2. The number of nitrogens with zero attached hydrogens (tertiary/aromatic N) is 2. The fraction of sp³-hybridized carbons (Fsp3) is 0.727. The highest BCUT2D eigenvalue weighted by molar-refractivity contribution is 7.08. The zero-order valence-electron chi connectivity index (χ0n) is 31.4. The van der Waals surface area contributed by atoms with Crippen LogP contribution in [0.1, 0.15) is 205 Å². The summed E-state index contributed by atoms with van der Waals surface area (Å²) in [6.45, 7) is 4.61. The highest BCUT2D eigenvalue weighted by Crippen LogP contribution is 2.35. The van der Waals surface area contributed by atoms with Gasteiger partial charge in [0.1, 0.15) is 0 Å². The van der Waals surface area contributed by atoms with E-state index in [-0.39, 0.29) is 0 Å². The zero-order chi connectivity index (χ0) is 33.7. The van der Waals surface area contributed by atoms with Gasteiger partial charge in [-0.05, 0) is 48.9 Å². The van der Waals surface area contributed by atoms with Crippen molar-refractivity contribution in [2.75, 3.05) is 0 Å². The van der Waals surface area contributed by atoms with E-state index in [4.69, 9.17) is 9.97 Å². The Kier molecular flexibility index (Phi) is 24.0. The topological polar surface area (TPSA) is 25.8 Å². The molecule has 0 saturated heterocycles. The smallest absolute Gasteiger partial charge is 0.0818 e. The lowest BCUT2D eigenvalue weighted by molar-refractivity contribution is 0.534. The van der Waals surface area contributed by atoms with Gasteiger partial charge < -0.3 is 0 Å². The molecule has 0 bridgehead atoms. The molecule has 3 aromatic rings. The van der Waals surface area contributed by atoms with Crippen LogP contribution in [0.3, 0.4) is 0 Å². The molecule has 0 fully saturated rings. The van der Waals surface area contributed by atoms with Crippen LogP contribution in [0.25, 0.3) is 22.5 Å². The molecule has 48 heavy (non-hydrogen) atoms. The van der Waals surface area contributed by atoms with Gasteiger partial charge >= 0.3 is 0 Å². The third-order valence-corrected chi connectivity index (χ3v) is 11.5. The van der Waals surface area contributed by atoms with E-state index in [9.17, 15) is 0 Å². The first-order valence-electron chi connectivity index (χ1n) is 20.8. The number of hydrogen-bond donors (Lipinski definition) is 0. The summed E-state index contributed by atoms with van der Waals surface area (Å²) in [6.07, 6.45) is 42.0. The Bertz CT molecular complexity index is 1030. The molecule has 0 spiro atoms. The fourth-order valence-corrected chi connectivity index (χ4v) is 8.39. The Balaban J connectivity index is 1.40. The number of benzene rings is 1. The quantitative estimate of drug-likeness (QED) is 0.0609. The van der Waals surface area contributed by atoms with Gasteiger partial charge in [0.25, 0.3) is 0 Å². The average Bonchev–Trinajstić information content (AvgIpc) is 3.84. The van der Waals surface area contributed by atoms with Crippen molar-refractivity contribution in [3.05, 3.63) is 45.0 Å². The summed E-state index contributed by atoms with van der Waals surface area (Å²) in [7, 11) is 0. The highest BCUT2D eigenvalue weighted by atomic mass is 32.1. The minimum atomic E-state index is 1.10. The maximum atomic E-state index is 4.74. The molecule has 2 heterocycles. The van der Waals surface area contributed by atoms with Crippen LogP contribution < -0.4 is 0 Å². The molecule has 0 aliphatic rings. The van der Waals surface area contributed by atoms with Gasteiger partial charge in [0.2, 0.25) is 0 Å². The molecular weight excluding hydrogens is 621 g/mol. The van der Waals surface area contributed by atoms with Crippen LogP contribution in [-0.2, 0) is 12.8 Å². The molecule has 0 aliphatic carbocycles. The van der Waals surface area contributed by atoms with Crippen molar-refractivity contribution >= 4 is 22.7 Å². The van der Waals surface area contributed by atoms with Crippen LogP contribution in [0.5, 0.6) is 0 Å². The van der Waals surface area contributed by atoms with E-state index in [1.807, 2.05) is 11.0 Å². The molecule has 1 aromatic carbocycles. The summed E-state index contributed by atoms with van der Waals surface area (Å²) in [4.78, 5) is 9.47. The van der Waals surface area contributed by atoms with Gasteiger partial charge in [0.05, 0.1) is 22.4 Å². The highest BCUT2D eigenvalue weighted by Gasteiger charge is 2.16. The van der Waals surface area contributed by atoms with E-state index in [0.29, 0.717) is 0 Å². The Morgan fingerprint density at radius 3 is 0.896 bits per heavy atom. The van der Waals surface area contributed by atoms with Crippen molar-refractivity contribution in [2.24, 2.45) is 0 Å². The normalized spacial score (nSPS) is 11.5. The largest absolute Gasteiger partial charge is 0.245 e. The van der Waals surface area contributed by atoms with Crippen molar-refractivity contribution in [1.29, 1.82) is 0 Å². The van der Waals surface area contributed by atoms with E-state index in [1.165, 1.54) is 204 Å². The second-order valence-corrected chi connectivity index (χ2v) is 16.0. The van der Waals surface area contributed by atoms with Crippen molar-refractivity contribution in [3.63, 3.8) is 0 Å². The second kappa shape index (κ2) is 28.2. The van der Waals surface area contributed by atoms with Gasteiger partial charge in [0.15, 0.2) is 0 Å². The summed E-state index contributed by atoms with van der Waals surface area (Å²) >= 11 is 3.38. The van der Waals surface area contributed by atoms with Crippen LogP contribution in [0.4, 0.5) is 0 Å². The number of rotatable bonds is 32. The van der Waals surface area contributed by atoms with E-state index >= 15 is 0 Å². The molecule has 4 heteroatoms. The Morgan fingerprint density at radius 2 is 0.646 bits per heavy atom. The van der Waals surface area contributed by atoms with Crippen LogP contribution in [-0.4, -0.2) is 9.97 Å². The number of hydrogen-bond acceptors (Lipinski definition) is 4. The lowest BCUT2D eigenvalue weighted by Crippen LogP contribution is -1.99. The van der Waals surface area contributed by atoms with Gasteiger partial charge in [-0.3, -0.25) is 0 Å². The molecule has 0 saturated carbocycles. The predicted octanol–water partition coefficient (Wildman–Crippen LogP) is 16.0. The SMILES string of the molecule is CCCCCCCCCCCCCCCCc1cc(-c2cscn2)c(-c2cscn2)cc1CCCCCCCCCCCCCCCC. The maximum absolute atomic E-state index is 4.74. The third-order valence-electron chi connectivity index (χ3n) is 10.4. The minimum Gasteiger partial charge on any atom is -0.245 e. The Hall–Kier alpha value is -1.52. The molecule has 0 aliphatic heterocycles. The van der Waals surface area contributed by atoms with Gasteiger partial charge in [-0.1, -0.05) is 181 Å². The van der Waals surface area contributed by atoms with Crippen LogP contribution >= 0.6 is 22.7 Å². The number of unbranched alkanes of at least 4 members (excludes halogenated alkanes) is 26. The molecule has 0 unspecified atom stereocenters. The first-order chi connectivity index (χ1) is 23.8. The van der Waals surface area contributed by atoms with Crippen LogP contribution in [0, 0.1) is 0 Å². The molecule has 0 amide bonds. The average molecular weight is 693 g/mol. The fourth-order valence-electron chi connectivity index (χ4n) is 7.29. The van der Waals surface area contributed by atoms with Crippen molar-refractivity contribution in [3.8, 4) is 22.5 Å².